The number of aromatic nitrogens is 2. The maximum atomic E-state index is 13.1. The molecule has 2 aromatic carbocycles. The number of nitriles is 1. The predicted octanol–water partition coefficient (Wildman–Crippen LogP) is 1.80. The zero-order valence-corrected chi connectivity index (χ0v) is 20.9. The summed E-state index contributed by atoms with van der Waals surface area (Å²) in [5.41, 5.74) is 2.66. The highest BCUT2D eigenvalue weighted by Crippen LogP contribution is 2.40. The molecule has 0 aliphatic carbocycles. The number of ether oxygens (including phenoxy) is 4. The molecular formula is C27H24N4O8. The van der Waals surface area contributed by atoms with E-state index < -0.39 is 53.7 Å². The van der Waals surface area contributed by atoms with Crippen molar-refractivity contribution in [2.24, 2.45) is 0 Å². The molecule has 2 heterocycles. The lowest BCUT2D eigenvalue weighted by atomic mass is 10.00. The summed E-state index contributed by atoms with van der Waals surface area (Å²) in [6, 6.07) is 19.1. The molecule has 1 saturated heterocycles. The van der Waals surface area contributed by atoms with E-state index in [0.717, 1.165) is 17.7 Å². The number of nitrogens with two attached hydrogens (primary N) is 1. The predicted molar refractivity (Wildman–Crippen MR) is 134 cm³/mol. The highest BCUT2D eigenvalue weighted by molar-refractivity contribution is 5.90. The molecule has 0 saturated carbocycles. The highest BCUT2D eigenvalue weighted by atomic mass is 16.7. The van der Waals surface area contributed by atoms with Crippen LogP contribution in [0.3, 0.4) is 0 Å². The smallest absolute Gasteiger partial charge is 0.352 e. The lowest BCUT2D eigenvalue weighted by molar-refractivity contribution is -0.166. The lowest BCUT2D eigenvalue weighted by Gasteiger charge is -2.29. The molecule has 5 atom stereocenters. The van der Waals surface area contributed by atoms with Crippen molar-refractivity contribution in [2.75, 3.05) is 5.73 Å². The third kappa shape index (κ3) is 5.48. The third-order valence-electron chi connectivity index (χ3n) is 5.98. The van der Waals surface area contributed by atoms with Crippen molar-refractivity contribution in [2.45, 2.75) is 44.0 Å². The standard InChI is InChI=1S/C27H24N4O8/c1-16(36-24(33)18-9-5-3-6-10-18)21-22(38-25(34)19-11-7-4-8-12-19)23(37-17(2)32)27(15-28,39-21)31-14-13-20(29)30-26(31)35/h3-14,16,21-23H,1-2H3,(H2,29,30,35). The molecule has 12 nitrogen and oxygen atoms in total. The van der Waals surface area contributed by atoms with Gasteiger partial charge < -0.3 is 24.7 Å². The maximum Gasteiger partial charge on any atom is 0.352 e. The quantitative estimate of drug-likeness (QED) is 0.347. The van der Waals surface area contributed by atoms with Crippen LogP contribution in [0.15, 0.2) is 77.7 Å². The van der Waals surface area contributed by atoms with E-state index in [9.17, 15) is 24.4 Å². The Hall–Kier alpha value is -5.02. The van der Waals surface area contributed by atoms with Gasteiger partial charge in [0, 0.05) is 13.1 Å². The van der Waals surface area contributed by atoms with Crippen LogP contribution >= 0.6 is 0 Å². The van der Waals surface area contributed by atoms with Gasteiger partial charge in [0.2, 0.25) is 6.10 Å². The Balaban J connectivity index is 1.79. The number of hydrogen-bond donors (Lipinski definition) is 1. The van der Waals surface area contributed by atoms with Crippen LogP contribution < -0.4 is 11.4 Å². The van der Waals surface area contributed by atoms with Crippen LogP contribution in [0.2, 0.25) is 0 Å². The molecule has 0 radical (unpaired) electrons. The molecule has 0 amide bonds. The van der Waals surface area contributed by atoms with Crippen molar-refractivity contribution in [3.05, 3.63) is 94.5 Å². The van der Waals surface area contributed by atoms with Gasteiger partial charge in [0.25, 0.3) is 5.72 Å². The van der Waals surface area contributed by atoms with Crippen molar-refractivity contribution in [1.82, 2.24) is 9.55 Å². The summed E-state index contributed by atoms with van der Waals surface area (Å²) < 4.78 is 23.6. The molecule has 1 fully saturated rings. The molecule has 1 aliphatic heterocycles. The molecule has 12 heteroatoms. The van der Waals surface area contributed by atoms with E-state index in [-0.39, 0.29) is 16.9 Å². The summed E-state index contributed by atoms with van der Waals surface area (Å²) in [6.45, 7) is 2.53. The Kier molecular flexibility index (Phi) is 7.73. The van der Waals surface area contributed by atoms with E-state index in [0.29, 0.717) is 0 Å². The molecule has 1 aromatic heterocycles. The zero-order chi connectivity index (χ0) is 28.2. The topological polar surface area (TPSA) is 173 Å². The lowest BCUT2D eigenvalue weighted by Crippen LogP contribution is -2.52. The van der Waals surface area contributed by atoms with Crippen molar-refractivity contribution >= 4 is 23.7 Å². The molecule has 5 unspecified atom stereocenters. The molecule has 1 aliphatic rings. The minimum Gasteiger partial charge on any atom is -0.456 e. The number of rotatable bonds is 7. The fourth-order valence-corrected chi connectivity index (χ4v) is 4.20. The average Bonchev–Trinajstić information content (AvgIpc) is 3.22. The largest absolute Gasteiger partial charge is 0.456 e. The first kappa shape index (κ1) is 27.0. The summed E-state index contributed by atoms with van der Waals surface area (Å²) in [4.78, 5) is 54.5. The average molecular weight is 533 g/mol. The molecule has 2 N–H and O–H groups in total. The highest BCUT2D eigenvalue weighted by Gasteiger charge is 2.63. The molecular weight excluding hydrogens is 508 g/mol. The van der Waals surface area contributed by atoms with E-state index in [1.807, 2.05) is 6.07 Å². The summed E-state index contributed by atoms with van der Waals surface area (Å²) in [6.07, 6.45) is -4.54. The van der Waals surface area contributed by atoms with Gasteiger partial charge in [-0.1, -0.05) is 36.4 Å². The third-order valence-corrected chi connectivity index (χ3v) is 5.98. The van der Waals surface area contributed by atoms with Crippen LogP contribution in [-0.2, 0) is 29.5 Å². The number of nitrogen functional groups attached to an aromatic ring is 1. The van der Waals surface area contributed by atoms with E-state index >= 15 is 0 Å². The number of carbonyl (C=O) groups excluding carboxylic acids is 3. The number of carbonyl (C=O) groups is 3. The second kappa shape index (κ2) is 11.2. The van der Waals surface area contributed by atoms with Crippen LogP contribution in [0.25, 0.3) is 0 Å². The van der Waals surface area contributed by atoms with Crippen LogP contribution in [-0.4, -0.2) is 51.9 Å². The normalized spacial score (nSPS) is 22.7. The number of benzene rings is 2. The maximum absolute atomic E-state index is 13.1. The second-order valence-corrected chi connectivity index (χ2v) is 8.64. The van der Waals surface area contributed by atoms with E-state index in [4.69, 9.17) is 24.7 Å². The zero-order valence-electron chi connectivity index (χ0n) is 20.9. The summed E-state index contributed by atoms with van der Waals surface area (Å²) in [5, 5.41) is 10.3. The van der Waals surface area contributed by atoms with Crippen LogP contribution in [0.1, 0.15) is 34.6 Å². The minimum absolute atomic E-state index is 0.125. The second-order valence-electron chi connectivity index (χ2n) is 8.64. The first-order valence-corrected chi connectivity index (χ1v) is 11.8. The summed E-state index contributed by atoms with van der Waals surface area (Å²) in [5.74, 6) is -2.52. The Morgan fingerprint density at radius 3 is 2.15 bits per heavy atom. The van der Waals surface area contributed by atoms with Gasteiger partial charge in [-0.05, 0) is 37.3 Å². The van der Waals surface area contributed by atoms with Crippen molar-refractivity contribution in [3.63, 3.8) is 0 Å². The number of nitrogens with zero attached hydrogens (tertiary/aromatic N) is 3. The van der Waals surface area contributed by atoms with Crippen molar-refractivity contribution < 1.29 is 33.3 Å². The number of esters is 3. The SMILES string of the molecule is CC(=O)OC1C(OC(=O)c2ccccc2)C(C(C)OC(=O)c2ccccc2)OC1(C#N)n1ccc(N)nc1=O. The molecule has 200 valence electrons. The molecule has 0 spiro atoms. The fourth-order valence-electron chi connectivity index (χ4n) is 4.20. The summed E-state index contributed by atoms with van der Waals surface area (Å²) in [7, 11) is 0. The van der Waals surface area contributed by atoms with Gasteiger partial charge in [0.05, 0.1) is 11.1 Å². The van der Waals surface area contributed by atoms with Gasteiger partial charge in [-0.15, -0.1) is 0 Å². The summed E-state index contributed by atoms with van der Waals surface area (Å²) >= 11 is 0. The van der Waals surface area contributed by atoms with Gasteiger partial charge in [-0.25, -0.2) is 14.4 Å². The van der Waals surface area contributed by atoms with Gasteiger partial charge in [0.1, 0.15) is 24.1 Å². The first-order valence-electron chi connectivity index (χ1n) is 11.8. The van der Waals surface area contributed by atoms with Crippen LogP contribution in [0.4, 0.5) is 5.82 Å². The van der Waals surface area contributed by atoms with Gasteiger partial charge in [-0.2, -0.15) is 10.2 Å². The van der Waals surface area contributed by atoms with E-state index in [2.05, 4.69) is 4.98 Å². The molecule has 3 aromatic rings. The number of hydrogen-bond acceptors (Lipinski definition) is 11. The van der Waals surface area contributed by atoms with Gasteiger partial charge in [0.15, 0.2) is 6.10 Å². The fraction of sp³-hybridized carbons (Fsp3) is 0.259. The van der Waals surface area contributed by atoms with Crippen LogP contribution in [0.5, 0.6) is 0 Å². The number of anilines is 1. The minimum atomic E-state index is -2.36. The van der Waals surface area contributed by atoms with Gasteiger partial charge in [-0.3, -0.25) is 9.36 Å². The van der Waals surface area contributed by atoms with Crippen molar-refractivity contribution in [3.8, 4) is 6.07 Å². The van der Waals surface area contributed by atoms with Crippen LogP contribution in [0, 0.1) is 11.3 Å². The first-order chi connectivity index (χ1) is 18.7. The molecule has 0 bridgehead atoms. The Morgan fingerprint density at radius 2 is 1.62 bits per heavy atom. The Morgan fingerprint density at radius 1 is 1.03 bits per heavy atom. The van der Waals surface area contributed by atoms with E-state index in [1.54, 1.807) is 36.4 Å². The van der Waals surface area contributed by atoms with Gasteiger partial charge >= 0.3 is 23.6 Å². The monoisotopic (exact) mass is 532 g/mol. The van der Waals surface area contributed by atoms with E-state index in [1.165, 1.54) is 37.3 Å². The Bertz CT molecular complexity index is 1470. The van der Waals surface area contributed by atoms with Crippen molar-refractivity contribution in [1.29, 1.82) is 5.26 Å². The molecule has 39 heavy (non-hydrogen) atoms. The molecule has 4 rings (SSSR count). The Labute approximate surface area is 222 Å².